The van der Waals surface area contributed by atoms with Crippen molar-refractivity contribution < 1.29 is 8.42 Å². The predicted octanol–water partition coefficient (Wildman–Crippen LogP) is 2.30. The van der Waals surface area contributed by atoms with Crippen LogP contribution in [-0.2, 0) is 10.0 Å². The number of sulfonamides is 1. The quantitative estimate of drug-likeness (QED) is 0.798. The first-order valence-corrected chi connectivity index (χ1v) is 7.78. The van der Waals surface area contributed by atoms with Gasteiger partial charge in [0.25, 0.3) is 0 Å². The van der Waals surface area contributed by atoms with Crippen LogP contribution in [0.25, 0.3) is 0 Å². The molecule has 6 heteroatoms. The number of aromatic nitrogens is 1. The number of nitrogens with one attached hydrogen (secondary N) is 2. The molecular formula is C12H21N3O2S. The fourth-order valence-corrected chi connectivity index (χ4v) is 2.49. The average Bonchev–Trinajstić information content (AvgIpc) is 2.27. The van der Waals surface area contributed by atoms with Gasteiger partial charge in [-0.2, -0.15) is 0 Å². The molecule has 0 bridgehead atoms. The van der Waals surface area contributed by atoms with Gasteiger partial charge >= 0.3 is 0 Å². The van der Waals surface area contributed by atoms with Gasteiger partial charge in [-0.1, -0.05) is 20.8 Å². The van der Waals surface area contributed by atoms with Crippen molar-refractivity contribution in [3.63, 3.8) is 0 Å². The summed E-state index contributed by atoms with van der Waals surface area (Å²) in [5.74, 6) is 1.41. The first-order valence-electron chi connectivity index (χ1n) is 6.13. The summed E-state index contributed by atoms with van der Waals surface area (Å²) < 4.78 is 25.6. The van der Waals surface area contributed by atoms with Gasteiger partial charge < -0.3 is 5.32 Å². The Morgan fingerprint density at radius 3 is 2.56 bits per heavy atom. The zero-order valence-electron chi connectivity index (χ0n) is 11.1. The van der Waals surface area contributed by atoms with Crippen molar-refractivity contribution >= 4 is 21.5 Å². The minimum atomic E-state index is -3.23. The van der Waals surface area contributed by atoms with Crippen LogP contribution in [0.4, 0.5) is 11.5 Å². The molecule has 0 saturated heterocycles. The number of pyridine rings is 1. The summed E-state index contributed by atoms with van der Waals surface area (Å²) in [5, 5.41) is 3.17. The summed E-state index contributed by atoms with van der Waals surface area (Å²) in [7, 11) is -3.23. The lowest BCUT2D eigenvalue weighted by Gasteiger charge is -2.10. The molecule has 1 rings (SSSR count). The Morgan fingerprint density at radius 2 is 2.06 bits per heavy atom. The molecule has 18 heavy (non-hydrogen) atoms. The monoisotopic (exact) mass is 271 g/mol. The molecule has 0 aliphatic heterocycles. The Kier molecular flexibility index (Phi) is 5.40. The third kappa shape index (κ3) is 5.35. The zero-order valence-corrected chi connectivity index (χ0v) is 11.9. The second-order valence-electron chi connectivity index (χ2n) is 4.63. The van der Waals surface area contributed by atoms with Crippen LogP contribution in [0, 0.1) is 5.92 Å². The first kappa shape index (κ1) is 14.8. The van der Waals surface area contributed by atoms with Crippen LogP contribution in [0.3, 0.4) is 0 Å². The maximum absolute atomic E-state index is 11.5. The molecule has 2 N–H and O–H groups in total. The van der Waals surface area contributed by atoms with Gasteiger partial charge in [0.2, 0.25) is 10.0 Å². The predicted molar refractivity (Wildman–Crippen MR) is 75.3 cm³/mol. The van der Waals surface area contributed by atoms with E-state index in [4.69, 9.17) is 0 Å². The summed E-state index contributed by atoms with van der Waals surface area (Å²) in [5.41, 5.74) is 0.499. The second-order valence-corrected chi connectivity index (χ2v) is 6.47. The van der Waals surface area contributed by atoms with Gasteiger partial charge in [0, 0.05) is 6.54 Å². The molecule has 0 spiro atoms. The highest BCUT2D eigenvalue weighted by molar-refractivity contribution is 7.92. The standard InChI is InChI=1S/C12H21N3O2S/c1-4-7-18(16,17)15-11-5-6-12(14-9-11)13-8-10(2)3/h5-6,9-10,15H,4,7-8H2,1-3H3,(H,13,14). The van der Waals surface area contributed by atoms with E-state index in [1.165, 1.54) is 6.20 Å². The molecule has 0 saturated carbocycles. The van der Waals surface area contributed by atoms with Crippen molar-refractivity contribution in [3.05, 3.63) is 18.3 Å². The van der Waals surface area contributed by atoms with Crippen molar-refractivity contribution in [3.8, 4) is 0 Å². The highest BCUT2D eigenvalue weighted by Gasteiger charge is 2.08. The van der Waals surface area contributed by atoms with E-state index in [0.29, 0.717) is 18.0 Å². The summed E-state index contributed by atoms with van der Waals surface area (Å²) in [4.78, 5) is 4.16. The van der Waals surface area contributed by atoms with E-state index in [1.807, 2.05) is 6.92 Å². The molecule has 102 valence electrons. The van der Waals surface area contributed by atoms with E-state index < -0.39 is 10.0 Å². The summed E-state index contributed by atoms with van der Waals surface area (Å²) in [6, 6.07) is 3.48. The van der Waals surface area contributed by atoms with Crippen LogP contribution in [-0.4, -0.2) is 25.7 Å². The lowest BCUT2D eigenvalue weighted by molar-refractivity contribution is 0.600. The highest BCUT2D eigenvalue weighted by Crippen LogP contribution is 2.12. The number of hydrogen-bond acceptors (Lipinski definition) is 4. The van der Waals surface area contributed by atoms with E-state index >= 15 is 0 Å². The normalized spacial score (nSPS) is 11.6. The zero-order chi connectivity index (χ0) is 13.6. The number of anilines is 2. The molecule has 0 aromatic carbocycles. The minimum absolute atomic E-state index is 0.125. The number of nitrogens with zero attached hydrogens (tertiary/aromatic N) is 1. The number of hydrogen-bond donors (Lipinski definition) is 2. The van der Waals surface area contributed by atoms with E-state index in [1.54, 1.807) is 12.1 Å². The van der Waals surface area contributed by atoms with Crippen molar-refractivity contribution in [2.45, 2.75) is 27.2 Å². The highest BCUT2D eigenvalue weighted by atomic mass is 32.2. The van der Waals surface area contributed by atoms with Crippen molar-refractivity contribution in [1.29, 1.82) is 0 Å². The third-order valence-electron chi connectivity index (χ3n) is 2.20. The lowest BCUT2D eigenvalue weighted by atomic mass is 10.2. The summed E-state index contributed by atoms with van der Waals surface area (Å²) >= 11 is 0. The maximum Gasteiger partial charge on any atom is 0.232 e. The molecule has 1 aromatic heterocycles. The van der Waals surface area contributed by atoms with Gasteiger partial charge in [-0.25, -0.2) is 13.4 Å². The van der Waals surface area contributed by atoms with Crippen LogP contribution in [0.1, 0.15) is 27.2 Å². The van der Waals surface area contributed by atoms with Gasteiger partial charge in [-0.05, 0) is 24.5 Å². The van der Waals surface area contributed by atoms with Gasteiger partial charge in [-0.15, -0.1) is 0 Å². The fourth-order valence-electron chi connectivity index (χ4n) is 1.37. The van der Waals surface area contributed by atoms with Crippen molar-refractivity contribution in [2.24, 2.45) is 5.92 Å². The Balaban J connectivity index is 2.60. The fraction of sp³-hybridized carbons (Fsp3) is 0.583. The van der Waals surface area contributed by atoms with Crippen LogP contribution < -0.4 is 10.0 Å². The third-order valence-corrected chi connectivity index (χ3v) is 3.69. The first-order chi connectivity index (χ1) is 8.43. The molecule has 0 amide bonds. The smallest absolute Gasteiger partial charge is 0.232 e. The average molecular weight is 271 g/mol. The van der Waals surface area contributed by atoms with Gasteiger partial charge in [0.1, 0.15) is 5.82 Å². The largest absolute Gasteiger partial charge is 0.370 e. The molecule has 1 heterocycles. The number of rotatable bonds is 7. The van der Waals surface area contributed by atoms with Crippen LogP contribution >= 0.6 is 0 Å². The molecule has 5 nitrogen and oxygen atoms in total. The topological polar surface area (TPSA) is 71.1 Å². The van der Waals surface area contributed by atoms with E-state index in [0.717, 1.165) is 12.4 Å². The SMILES string of the molecule is CCCS(=O)(=O)Nc1ccc(NCC(C)C)nc1. The molecule has 0 fully saturated rings. The second kappa shape index (κ2) is 6.58. The molecule has 0 unspecified atom stereocenters. The summed E-state index contributed by atoms with van der Waals surface area (Å²) in [6.45, 7) is 6.89. The molecule has 0 radical (unpaired) electrons. The van der Waals surface area contributed by atoms with E-state index in [2.05, 4.69) is 28.9 Å². The van der Waals surface area contributed by atoms with Crippen LogP contribution in [0.5, 0.6) is 0 Å². The Hall–Kier alpha value is -1.30. The van der Waals surface area contributed by atoms with Gasteiger partial charge in [-0.3, -0.25) is 4.72 Å². The molecule has 0 aliphatic carbocycles. The Labute approximate surface area is 109 Å². The van der Waals surface area contributed by atoms with E-state index in [-0.39, 0.29) is 5.75 Å². The molecule has 0 aliphatic rings. The Bertz CT molecular complexity index is 455. The molecular weight excluding hydrogens is 250 g/mol. The van der Waals surface area contributed by atoms with Crippen molar-refractivity contribution in [1.82, 2.24) is 4.98 Å². The Morgan fingerprint density at radius 1 is 1.33 bits per heavy atom. The maximum atomic E-state index is 11.5. The van der Waals surface area contributed by atoms with Crippen LogP contribution in [0.2, 0.25) is 0 Å². The lowest BCUT2D eigenvalue weighted by Crippen LogP contribution is -2.16. The summed E-state index contributed by atoms with van der Waals surface area (Å²) in [6.07, 6.45) is 2.12. The molecule has 0 atom stereocenters. The molecule has 1 aromatic rings. The minimum Gasteiger partial charge on any atom is -0.370 e. The van der Waals surface area contributed by atoms with Crippen molar-refractivity contribution in [2.75, 3.05) is 22.3 Å². The van der Waals surface area contributed by atoms with Gasteiger partial charge in [0.15, 0.2) is 0 Å². The van der Waals surface area contributed by atoms with Crippen LogP contribution in [0.15, 0.2) is 18.3 Å². The van der Waals surface area contributed by atoms with E-state index in [9.17, 15) is 8.42 Å². The van der Waals surface area contributed by atoms with Gasteiger partial charge in [0.05, 0.1) is 17.6 Å².